The third kappa shape index (κ3) is 2.28. The van der Waals surface area contributed by atoms with Crippen LogP contribution in [0.5, 0.6) is 0 Å². The topological polar surface area (TPSA) is 71.2 Å². The molecule has 0 aliphatic carbocycles. The molecule has 0 saturated carbocycles. The van der Waals surface area contributed by atoms with Crippen molar-refractivity contribution in [3.8, 4) is 0 Å². The Bertz CT molecular complexity index is 208. The van der Waals surface area contributed by atoms with E-state index in [9.17, 15) is 5.11 Å². The van der Waals surface area contributed by atoms with E-state index in [4.69, 9.17) is 5.11 Å². The minimum atomic E-state index is -1.09. The van der Waals surface area contributed by atoms with Crippen LogP contribution < -0.4 is 0 Å². The van der Waals surface area contributed by atoms with E-state index in [1.165, 1.54) is 12.7 Å². The molecule has 1 unspecified atom stereocenters. The smallest absolute Gasteiger partial charge is 0.119 e. The Morgan fingerprint density at radius 1 is 1.45 bits per heavy atom. The van der Waals surface area contributed by atoms with Crippen molar-refractivity contribution in [3.05, 3.63) is 12.7 Å². The molecule has 62 valence electrons. The average molecular weight is 157 g/mol. The van der Waals surface area contributed by atoms with E-state index in [2.05, 4.69) is 10.2 Å². The fourth-order valence-corrected chi connectivity index (χ4v) is 0.747. The standard InChI is InChI=1S/C6H11N3O2/c1-6(11,3-10)2-9-4-7-8-5-9/h4-5,10-11H,2-3H2,1H3. The molecule has 0 amide bonds. The molecule has 0 aliphatic heterocycles. The van der Waals surface area contributed by atoms with Gasteiger partial charge >= 0.3 is 0 Å². The van der Waals surface area contributed by atoms with Crippen LogP contribution in [0.25, 0.3) is 0 Å². The monoisotopic (exact) mass is 157 g/mol. The molecule has 1 rings (SSSR count). The van der Waals surface area contributed by atoms with Gasteiger partial charge in [0.1, 0.15) is 18.3 Å². The largest absolute Gasteiger partial charge is 0.393 e. The van der Waals surface area contributed by atoms with E-state index in [-0.39, 0.29) is 6.61 Å². The summed E-state index contributed by atoms with van der Waals surface area (Å²) < 4.78 is 1.61. The second-order valence-corrected chi connectivity index (χ2v) is 2.79. The summed E-state index contributed by atoms with van der Waals surface area (Å²) >= 11 is 0. The molecule has 1 heterocycles. The number of nitrogens with zero attached hydrogens (tertiary/aromatic N) is 3. The lowest BCUT2D eigenvalue weighted by Crippen LogP contribution is -2.34. The zero-order valence-electron chi connectivity index (χ0n) is 6.30. The first-order chi connectivity index (χ1) is 5.14. The van der Waals surface area contributed by atoms with E-state index in [0.29, 0.717) is 6.54 Å². The summed E-state index contributed by atoms with van der Waals surface area (Å²) in [6, 6.07) is 0. The van der Waals surface area contributed by atoms with Crippen LogP contribution >= 0.6 is 0 Å². The van der Waals surface area contributed by atoms with Crippen molar-refractivity contribution in [1.82, 2.24) is 14.8 Å². The van der Waals surface area contributed by atoms with Crippen molar-refractivity contribution in [3.63, 3.8) is 0 Å². The molecule has 2 N–H and O–H groups in total. The molecule has 0 saturated heterocycles. The second kappa shape index (κ2) is 2.98. The van der Waals surface area contributed by atoms with E-state index in [1.54, 1.807) is 11.5 Å². The SMILES string of the molecule is CC(O)(CO)Cn1cnnc1. The maximum atomic E-state index is 9.37. The van der Waals surface area contributed by atoms with Crippen LogP contribution in [-0.4, -0.2) is 37.2 Å². The normalized spacial score (nSPS) is 16.3. The quantitative estimate of drug-likeness (QED) is 0.591. The molecule has 0 aromatic carbocycles. The van der Waals surface area contributed by atoms with Gasteiger partial charge < -0.3 is 14.8 Å². The lowest BCUT2D eigenvalue weighted by atomic mass is 10.1. The molecule has 1 aromatic heterocycles. The lowest BCUT2D eigenvalue weighted by molar-refractivity contribution is -0.0120. The van der Waals surface area contributed by atoms with Gasteiger partial charge in [0, 0.05) is 0 Å². The Balaban J connectivity index is 2.56. The van der Waals surface area contributed by atoms with Crippen molar-refractivity contribution in [2.75, 3.05) is 6.61 Å². The van der Waals surface area contributed by atoms with Crippen LogP contribution in [0, 0.1) is 0 Å². The zero-order chi connectivity index (χ0) is 8.32. The number of aliphatic hydroxyl groups is 2. The number of aromatic nitrogens is 3. The molecule has 0 fully saturated rings. The molecular weight excluding hydrogens is 146 g/mol. The molecule has 5 heteroatoms. The van der Waals surface area contributed by atoms with E-state index in [1.807, 2.05) is 0 Å². The third-order valence-electron chi connectivity index (χ3n) is 1.33. The molecule has 0 aliphatic rings. The Morgan fingerprint density at radius 2 is 2.00 bits per heavy atom. The first-order valence-corrected chi connectivity index (χ1v) is 3.30. The Morgan fingerprint density at radius 3 is 2.45 bits per heavy atom. The summed E-state index contributed by atoms with van der Waals surface area (Å²) in [6.07, 6.45) is 2.98. The number of hydrogen-bond donors (Lipinski definition) is 2. The summed E-state index contributed by atoms with van der Waals surface area (Å²) in [5.41, 5.74) is -1.09. The van der Waals surface area contributed by atoms with E-state index < -0.39 is 5.60 Å². The summed E-state index contributed by atoms with van der Waals surface area (Å²) in [7, 11) is 0. The van der Waals surface area contributed by atoms with Gasteiger partial charge in [0.25, 0.3) is 0 Å². The van der Waals surface area contributed by atoms with Gasteiger partial charge in [-0.1, -0.05) is 0 Å². The predicted octanol–water partition coefficient (Wildman–Crippen LogP) is -0.979. The maximum Gasteiger partial charge on any atom is 0.119 e. The first-order valence-electron chi connectivity index (χ1n) is 3.30. The average Bonchev–Trinajstić information content (AvgIpc) is 2.39. The van der Waals surface area contributed by atoms with Crippen molar-refractivity contribution in [2.24, 2.45) is 0 Å². The summed E-state index contributed by atoms with van der Waals surface area (Å²) in [6.45, 7) is 1.58. The van der Waals surface area contributed by atoms with Crippen molar-refractivity contribution >= 4 is 0 Å². The fraction of sp³-hybridized carbons (Fsp3) is 0.667. The molecule has 1 atom stereocenters. The Hall–Kier alpha value is -0.940. The van der Waals surface area contributed by atoms with Gasteiger partial charge in [-0.2, -0.15) is 0 Å². The summed E-state index contributed by atoms with van der Waals surface area (Å²) in [5, 5.41) is 25.2. The Kier molecular flexibility index (Phi) is 2.21. The van der Waals surface area contributed by atoms with Crippen LogP contribution in [0.2, 0.25) is 0 Å². The highest BCUT2D eigenvalue weighted by atomic mass is 16.3. The summed E-state index contributed by atoms with van der Waals surface area (Å²) in [5.74, 6) is 0. The maximum absolute atomic E-state index is 9.37. The molecule has 0 spiro atoms. The fourth-order valence-electron chi connectivity index (χ4n) is 0.747. The number of rotatable bonds is 3. The third-order valence-corrected chi connectivity index (χ3v) is 1.33. The minimum Gasteiger partial charge on any atom is -0.393 e. The van der Waals surface area contributed by atoms with Crippen LogP contribution in [0.15, 0.2) is 12.7 Å². The van der Waals surface area contributed by atoms with Crippen LogP contribution in [0.1, 0.15) is 6.92 Å². The van der Waals surface area contributed by atoms with Crippen molar-refractivity contribution in [2.45, 2.75) is 19.1 Å². The highest BCUT2D eigenvalue weighted by Crippen LogP contribution is 2.04. The van der Waals surface area contributed by atoms with Crippen LogP contribution in [-0.2, 0) is 6.54 Å². The van der Waals surface area contributed by atoms with Crippen molar-refractivity contribution < 1.29 is 10.2 Å². The zero-order valence-corrected chi connectivity index (χ0v) is 6.30. The highest BCUT2D eigenvalue weighted by molar-refractivity contribution is 4.74. The second-order valence-electron chi connectivity index (χ2n) is 2.79. The van der Waals surface area contributed by atoms with Gasteiger partial charge in [-0.05, 0) is 6.92 Å². The molecule has 0 radical (unpaired) electrons. The van der Waals surface area contributed by atoms with Crippen LogP contribution in [0.3, 0.4) is 0 Å². The first kappa shape index (κ1) is 8.16. The van der Waals surface area contributed by atoms with Gasteiger partial charge in [0.15, 0.2) is 0 Å². The van der Waals surface area contributed by atoms with Crippen molar-refractivity contribution in [1.29, 1.82) is 0 Å². The summed E-state index contributed by atoms with van der Waals surface area (Å²) in [4.78, 5) is 0. The van der Waals surface area contributed by atoms with Gasteiger partial charge in [0.05, 0.1) is 13.2 Å². The van der Waals surface area contributed by atoms with E-state index in [0.717, 1.165) is 0 Å². The molecule has 11 heavy (non-hydrogen) atoms. The molecular formula is C6H11N3O2. The van der Waals surface area contributed by atoms with Gasteiger partial charge in [-0.25, -0.2) is 0 Å². The molecule has 0 bridgehead atoms. The van der Waals surface area contributed by atoms with Gasteiger partial charge in [-0.3, -0.25) is 0 Å². The lowest BCUT2D eigenvalue weighted by Gasteiger charge is -2.19. The van der Waals surface area contributed by atoms with Gasteiger partial charge in [-0.15, -0.1) is 10.2 Å². The van der Waals surface area contributed by atoms with Gasteiger partial charge in [0.2, 0.25) is 0 Å². The molecule has 1 aromatic rings. The highest BCUT2D eigenvalue weighted by Gasteiger charge is 2.19. The number of aliphatic hydroxyl groups excluding tert-OH is 1. The Labute approximate surface area is 64.3 Å². The molecule has 5 nitrogen and oxygen atoms in total. The predicted molar refractivity (Wildman–Crippen MR) is 37.7 cm³/mol. The number of hydrogen-bond acceptors (Lipinski definition) is 4. The van der Waals surface area contributed by atoms with Crippen LogP contribution in [0.4, 0.5) is 0 Å². The van der Waals surface area contributed by atoms with E-state index >= 15 is 0 Å². The minimum absolute atomic E-state index is 0.273.